The summed E-state index contributed by atoms with van der Waals surface area (Å²) in [6, 6.07) is 13.9. The third-order valence-electron chi connectivity index (χ3n) is 3.48. The van der Waals surface area contributed by atoms with Crippen LogP contribution in [0.4, 0.5) is 0 Å². The Labute approximate surface area is 137 Å². The zero-order chi connectivity index (χ0) is 16.7. The maximum Gasteiger partial charge on any atom is 0.277 e. The highest BCUT2D eigenvalue weighted by atomic mass is 16.5. The highest BCUT2D eigenvalue weighted by Gasteiger charge is 2.04. The van der Waals surface area contributed by atoms with Crippen molar-refractivity contribution in [2.45, 2.75) is 27.2 Å². The molecule has 120 valence electrons. The number of benzene rings is 2. The number of aryl methyl sites for hydroxylation is 3. The van der Waals surface area contributed by atoms with Crippen LogP contribution in [0.3, 0.4) is 0 Å². The molecule has 4 heteroatoms. The van der Waals surface area contributed by atoms with Gasteiger partial charge in [0.15, 0.2) is 6.61 Å². The van der Waals surface area contributed by atoms with Gasteiger partial charge in [0.25, 0.3) is 5.91 Å². The maximum atomic E-state index is 11.7. The Morgan fingerprint density at radius 2 is 1.91 bits per heavy atom. The summed E-state index contributed by atoms with van der Waals surface area (Å²) in [7, 11) is 0. The van der Waals surface area contributed by atoms with Gasteiger partial charge in [-0.1, -0.05) is 48.9 Å². The van der Waals surface area contributed by atoms with E-state index in [9.17, 15) is 4.79 Å². The molecule has 2 rings (SSSR count). The molecule has 23 heavy (non-hydrogen) atoms. The molecular weight excluding hydrogens is 288 g/mol. The van der Waals surface area contributed by atoms with E-state index in [4.69, 9.17) is 4.74 Å². The lowest BCUT2D eigenvalue weighted by atomic mass is 10.1. The van der Waals surface area contributed by atoms with Crippen LogP contribution in [0.2, 0.25) is 0 Å². The Morgan fingerprint density at radius 3 is 2.57 bits per heavy atom. The van der Waals surface area contributed by atoms with Crippen LogP contribution in [-0.4, -0.2) is 18.7 Å². The molecule has 2 aromatic rings. The Balaban J connectivity index is 1.81. The number of hydrazone groups is 1. The van der Waals surface area contributed by atoms with Crippen molar-refractivity contribution in [3.05, 3.63) is 64.7 Å². The number of nitrogens with zero attached hydrogens (tertiary/aromatic N) is 1. The van der Waals surface area contributed by atoms with Gasteiger partial charge in [-0.2, -0.15) is 5.10 Å². The lowest BCUT2D eigenvalue weighted by molar-refractivity contribution is -0.123. The molecule has 1 amide bonds. The predicted molar refractivity (Wildman–Crippen MR) is 93.0 cm³/mol. The van der Waals surface area contributed by atoms with Crippen molar-refractivity contribution >= 4 is 12.1 Å². The average molecular weight is 310 g/mol. The van der Waals surface area contributed by atoms with E-state index in [0.717, 1.165) is 23.1 Å². The van der Waals surface area contributed by atoms with E-state index in [1.807, 2.05) is 56.3 Å². The van der Waals surface area contributed by atoms with Crippen LogP contribution >= 0.6 is 0 Å². The lowest BCUT2D eigenvalue weighted by Gasteiger charge is -2.08. The number of carbonyl (C=O) groups is 1. The van der Waals surface area contributed by atoms with Crippen LogP contribution in [0.5, 0.6) is 5.75 Å². The fourth-order valence-corrected chi connectivity index (χ4v) is 2.16. The van der Waals surface area contributed by atoms with Crippen molar-refractivity contribution in [1.29, 1.82) is 0 Å². The smallest absolute Gasteiger partial charge is 0.277 e. The molecule has 0 aliphatic carbocycles. The zero-order valence-corrected chi connectivity index (χ0v) is 13.8. The van der Waals surface area contributed by atoms with Gasteiger partial charge in [-0.3, -0.25) is 4.79 Å². The lowest BCUT2D eigenvalue weighted by Crippen LogP contribution is -2.24. The molecule has 0 heterocycles. The third-order valence-corrected chi connectivity index (χ3v) is 3.48. The predicted octanol–water partition coefficient (Wildman–Crippen LogP) is 3.39. The van der Waals surface area contributed by atoms with E-state index in [0.29, 0.717) is 5.75 Å². The molecule has 2 aromatic carbocycles. The van der Waals surface area contributed by atoms with E-state index in [-0.39, 0.29) is 12.5 Å². The van der Waals surface area contributed by atoms with E-state index < -0.39 is 0 Å². The Hall–Kier alpha value is -2.62. The van der Waals surface area contributed by atoms with E-state index in [2.05, 4.69) is 17.5 Å². The summed E-state index contributed by atoms with van der Waals surface area (Å²) in [5.74, 6) is 0.427. The van der Waals surface area contributed by atoms with Crippen LogP contribution in [0.1, 0.15) is 29.2 Å². The summed E-state index contributed by atoms with van der Waals surface area (Å²) in [6.45, 7) is 6.03. The van der Waals surface area contributed by atoms with Gasteiger partial charge in [0.2, 0.25) is 0 Å². The number of hydrogen-bond acceptors (Lipinski definition) is 3. The summed E-state index contributed by atoms with van der Waals surface area (Å²) >= 11 is 0. The fraction of sp³-hybridized carbons (Fsp3) is 0.263. The molecule has 0 aliphatic heterocycles. The quantitative estimate of drug-likeness (QED) is 0.657. The largest absolute Gasteiger partial charge is 0.483 e. The summed E-state index contributed by atoms with van der Waals surface area (Å²) in [4.78, 5) is 11.7. The highest BCUT2D eigenvalue weighted by Crippen LogP contribution is 2.18. The van der Waals surface area contributed by atoms with Gasteiger partial charge >= 0.3 is 0 Å². The van der Waals surface area contributed by atoms with Crippen molar-refractivity contribution in [1.82, 2.24) is 5.43 Å². The van der Waals surface area contributed by atoms with E-state index in [1.165, 1.54) is 5.56 Å². The minimum absolute atomic E-state index is 0.0595. The molecule has 0 aliphatic rings. The summed E-state index contributed by atoms with van der Waals surface area (Å²) < 4.78 is 5.50. The first kappa shape index (κ1) is 16.7. The zero-order valence-electron chi connectivity index (χ0n) is 13.8. The molecular formula is C19H22N2O2. The summed E-state index contributed by atoms with van der Waals surface area (Å²) in [5, 5.41) is 3.94. The monoisotopic (exact) mass is 310 g/mol. The van der Waals surface area contributed by atoms with Gasteiger partial charge in [-0.15, -0.1) is 0 Å². The van der Waals surface area contributed by atoms with Crippen molar-refractivity contribution in [3.63, 3.8) is 0 Å². The molecule has 0 saturated heterocycles. The van der Waals surface area contributed by atoms with Crippen molar-refractivity contribution in [2.24, 2.45) is 5.10 Å². The number of carbonyl (C=O) groups excluding carboxylic acids is 1. The Bertz CT molecular complexity index is 691. The van der Waals surface area contributed by atoms with Crippen LogP contribution in [0, 0.1) is 13.8 Å². The van der Waals surface area contributed by atoms with Crippen molar-refractivity contribution < 1.29 is 9.53 Å². The minimum Gasteiger partial charge on any atom is -0.483 e. The number of amides is 1. The fourth-order valence-electron chi connectivity index (χ4n) is 2.16. The number of ether oxygens (including phenoxy) is 1. The third kappa shape index (κ3) is 5.25. The van der Waals surface area contributed by atoms with Gasteiger partial charge in [0, 0.05) is 0 Å². The highest BCUT2D eigenvalue weighted by molar-refractivity contribution is 5.82. The molecule has 4 nitrogen and oxygen atoms in total. The summed E-state index contributed by atoms with van der Waals surface area (Å²) in [5.41, 5.74) is 6.86. The maximum absolute atomic E-state index is 11.7. The molecule has 0 atom stereocenters. The van der Waals surface area contributed by atoms with Gasteiger partial charge in [-0.05, 0) is 43.0 Å². The first-order chi connectivity index (χ1) is 11.1. The Morgan fingerprint density at radius 1 is 1.17 bits per heavy atom. The average Bonchev–Trinajstić information content (AvgIpc) is 2.54. The molecule has 0 radical (unpaired) electrons. The second-order valence-corrected chi connectivity index (χ2v) is 5.45. The molecule has 0 unspecified atom stereocenters. The number of rotatable bonds is 6. The van der Waals surface area contributed by atoms with Crippen LogP contribution < -0.4 is 10.2 Å². The normalized spacial score (nSPS) is 10.7. The summed E-state index contributed by atoms with van der Waals surface area (Å²) in [6.07, 6.45) is 2.62. The van der Waals surface area contributed by atoms with Gasteiger partial charge < -0.3 is 4.74 Å². The Kier molecular flexibility index (Phi) is 5.92. The van der Waals surface area contributed by atoms with Gasteiger partial charge in [0.1, 0.15) is 5.75 Å². The standard InChI is InChI=1S/C19H22N2O2/c1-4-16-6-8-17(9-7-16)12-20-21-19(22)13-23-18-10-5-14(2)11-15(18)3/h5-12H,4,13H2,1-3H3,(H,21,22)/b20-12-. The van der Waals surface area contributed by atoms with Crippen LogP contribution in [-0.2, 0) is 11.2 Å². The van der Waals surface area contributed by atoms with Crippen LogP contribution in [0.15, 0.2) is 47.6 Å². The molecule has 1 N–H and O–H groups in total. The molecule has 0 spiro atoms. The second kappa shape index (κ2) is 8.13. The van der Waals surface area contributed by atoms with Crippen molar-refractivity contribution in [2.75, 3.05) is 6.61 Å². The molecule has 0 saturated carbocycles. The number of nitrogens with one attached hydrogen (secondary N) is 1. The molecule has 0 fully saturated rings. The van der Waals surface area contributed by atoms with E-state index in [1.54, 1.807) is 6.21 Å². The molecule has 0 aromatic heterocycles. The number of hydrogen-bond donors (Lipinski definition) is 1. The topological polar surface area (TPSA) is 50.7 Å². The van der Waals surface area contributed by atoms with E-state index >= 15 is 0 Å². The SMILES string of the molecule is CCc1ccc(/C=N\NC(=O)COc2ccc(C)cc2C)cc1. The molecule has 0 bridgehead atoms. The van der Waals surface area contributed by atoms with Gasteiger partial charge in [-0.25, -0.2) is 5.43 Å². The first-order valence-corrected chi connectivity index (χ1v) is 7.69. The first-order valence-electron chi connectivity index (χ1n) is 7.69. The van der Waals surface area contributed by atoms with Crippen molar-refractivity contribution in [3.8, 4) is 5.75 Å². The minimum atomic E-state index is -0.286. The van der Waals surface area contributed by atoms with Gasteiger partial charge in [0.05, 0.1) is 6.21 Å². The van der Waals surface area contributed by atoms with Crippen LogP contribution in [0.25, 0.3) is 0 Å². The second-order valence-electron chi connectivity index (χ2n) is 5.45.